The van der Waals surface area contributed by atoms with Gasteiger partial charge in [0.05, 0.1) is 6.61 Å². The molecule has 1 aromatic carbocycles. The Bertz CT molecular complexity index is 462. The van der Waals surface area contributed by atoms with Crippen molar-refractivity contribution in [3.63, 3.8) is 0 Å². The highest BCUT2D eigenvalue weighted by atomic mass is 16.5. The third kappa shape index (κ3) is 5.05. The molecule has 1 aliphatic rings. The molecule has 4 heteroatoms. The molecule has 0 bridgehead atoms. The van der Waals surface area contributed by atoms with Crippen LogP contribution in [0.3, 0.4) is 0 Å². The monoisotopic (exact) mass is 290 g/mol. The van der Waals surface area contributed by atoms with Gasteiger partial charge >= 0.3 is 0 Å². The van der Waals surface area contributed by atoms with Crippen LogP contribution in [0.2, 0.25) is 0 Å². The Morgan fingerprint density at radius 1 is 1.43 bits per heavy atom. The van der Waals surface area contributed by atoms with Gasteiger partial charge in [-0.1, -0.05) is 12.1 Å². The van der Waals surface area contributed by atoms with E-state index in [4.69, 9.17) is 4.74 Å². The van der Waals surface area contributed by atoms with Crippen molar-refractivity contribution in [3.05, 3.63) is 29.8 Å². The lowest BCUT2D eigenvalue weighted by Gasteiger charge is -2.34. The molecule has 0 aliphatic carbocycles. The van der Waals surface area contributed by atoms with E-state index in [1.807, 2.05) is 23.1 Å². The van der Waals surface area contributed by atoms with Crippen LogP contribution < -0.4 is 10.1 Å². The van der Waals surface area contributed by atoms with E-state index in [2.05, 4.69) is 25.2 Å². The maximum atomic E-state index is 12.1. The molecule has 4 nitrogen and oxygen atoms in total. The largest absolute Gasteiger partial charge is 0.494 e. The molecule has 1 aliphatic heterocycles. The van der Waals surface area contributed by atoms with Gasteiger partial charge in [0.1, 0.15) is 5.75 Å². The molecular formula is C17H26N2O2. The second-order valence-electron chi connectivity index (χ2n) is 5.76. The van der Waals surface area contributed by atoms with E-state index >= 15 is 0 Å². The van der Waals surface area contributed by atoms with Crippen molar-refractivity contribution >= 4 is 5.91 Å². The minimum Gasteiger partial charge on any atom is -0.494 e. The molecule has 1 saturated heterocycles. The summed E-state index contributed by atoms with van der Waals surface area (Å²) in [5, 5.41) is 3.30. The van der Waals surface area contributed by atoms with Crippen molar-refractivity contribution in [3.8, 4) is 5.75 Å². The highest BCUT2D eigenvalue weighted by Gasteiger charge is 2.21. The first-order valence-corrected chi connectivity index (χ1v) is 7.86. The number of carbonyl (C=O) groups is 1. The van der Waals surface area contributed by atoms with Gasteiger partial charge in [0.15, 0.2) is 0 Å². The number of piperazine rings is 1. The predicted octanol–water partition coefficient (Wildman–Crippen LogP) is 2.36. The van der Waals surface area contributed by atoms with E-state index < -0.39 is 0 Å². The van der Waals surface area contributed by atoms with Crippen molar-refractivity contribution < 1.29 is 9.53 Å². The Morgan fingerprint density at radius 2 is 2.29 bits per heavy atom. The maximum Gasteiger partial charge on any atom is 0.222 e. The molecule has 1 heterocycles. The second-order valence-corrected chi connectivity index (χ2v) is 5.76. The first-order chi connectivity index (χ1) is 10.2. The molecule has 0 radical (unpaired) electrons. The van der Waals surface area contributed by atoms with Crippen LogP contribution in [-0.2, 0) is 4.79 Å². The molecule has 21 heavy (non-hydrogen) atoms. The molecule has 2 rings (SSSR count). The van der Waals surface area contributed by atoms with Crippen molar-refractivity contribution in [2.75, 3.05) is 26.2 Å². The Labute approximate surface area is 127 Å². The Balaban J connectivity index is 1.62. The fourth-order valence-corrected chi connectivity index (χ4v) is 2.63. The zero-order valence-electron chi connectivity index (χ0n) is 13.1. The van der Waals surface area contributed by atoms with Crippen molar-refractivity contribution in [2.45, 2.75) is 39.2 Å². The average Bonchev–Trinajstić information content (AvgIpc) is 2.47. The minimum atomic E-state index is 0.277. The minimum absolute atomic E-state index is 0.277. The van der Waals surface area contributed by atoms with Crippen LogP contribution >= 0.6 is 0 Å². The van der Waals surface area contributed by atoms with E-state index in [9.17, 15) is 4.79 Å². The van der Waals surface area contributed by atoms with Gasteiger partial charge in [0.2, 0.25) is 5.91 Å². The fraction of sp³-hybridized carbons (Fsp3) is 0.588. The third-order valence-corrected chi connectivity index (χ3v) is 3.86. The standard InChI is InChI=1S/C17H26N2O2/c1-14-6-5-7-16(12-14)21-11-4-3-8-17(20)19-10-9-18-13-15(19)2/h5-7,12,15,18H,3-4,8-11,13H2,1-2H3. The molecule has 0 aromatic heterocycles. The first kappa shape index (κ1) is 15.8. The van der Waals surface area contributed by atoms with E-state index in [0.717, 1.165) is 38.2 Å². The van der Waals surface area contributed by atoms with Gasteiger partial charge in [0, 0.05) is 32.1 Å². The molecule has 0 saturated carbocycles. The zero-order valence-corrected chi connectivity index (χ0v) is 13.1. The number of carbonyl (C=O) groups excluding carboxylic acids is 1. The Hall–Kier alpha value is -1.55. The van der Waals surface area contributed by atoms with E-state index in [1.165, 1.54) is 5.56 Å². The van der Waals surface area contributed by atoms with Gasteiger partial charge in [-0.2, -0.15) is 0 Å². The van der Waals surface area contributed by atoms with Gasteiger partial charge in [0.25, 0.3) is 0 Å². The maximum absolute atomic E-state index is 12.1. The first-order valence-electron chi connectivity index (χ1n) is 7.86. The van der Waals surface area contributed by atoms with Crippen LogP contribution in [0, 0.1) is 6.92 Å². The summed E-state index contributed by atoms with van der Waals surface area (Å²) in [6.07, 6.45) is 2.43. The number of hydrogen-bond acceptors (Lipinski definition) is 3. The summed E-state index contributed by atoms with van der Waals surface area (Å²) >= 11 is 0. The highest BCUT2D eigenvalue weighted by molar-refractivity contribution is 5.76. The average molecular weight is 290 g/mol. The molecule has 1 fully saturated rings. The zero-order chi connectivity index (χ0) is 15.1. The lowest BCUT2D eigenvalue weighted by atomic mass is 10.1. The number of amides is 1. The molecule has 116 valence electrons. The van der Waals surface area contributed by atoms with Crippen LogP contribution in [0.5, 0.6) is 5.75 Å². The van der Waals surface area contributed by atoms with Gasteiger partial charge in [-0.15, -0.1) is 0 Å². The number of hydrogen-bond donors (Lipinski definition) is 1. The van der Waals surface area contributed by atoms with Crippen molar-refractivity contribution in [2.24, 2.45) is 0 Å². The summed E-state index contributed by atoms with van der Waals surface area (Å²) in [5.74, 6) is 1.19. The van der Waals surface area contributed by atoms with Crippen LogP contribution in [-0.4, -0.2) is 43.1 Å². The number of benzene rings is 1. The number of ether oxygens (including phenoxy) is 1. The third-order valence-electron chi connectivity index (χ3n) is 3.86. The van der Waals surface area contributed by atoms with Gasteiger partial charge < -0.3 is 15.0 Å². The smallest absolute Gasteiger partial charge is 0.222 e. The lowest BCUT2D eigenvalue weighted by molar-refractivity contribution is -0.134. The predicted molar refractivity (Wildman–Crippen MR) is 84.6 cm³/mol. The fourth-order valence-electron chi connectivity index (χ4n) is 2.63. The van der Waals surface area contributed by atoms with Gasteiger partial charge in [-0.3, -0.25) is 4.79 Å². The topological polar surface area (TPSA) is 41.6 Å². The van der Waals surface area contributed by atoms with Crippen molar-refractivity contribution in [1.82, 2.24) is 10.2 Å². The van der Waals surface area contributed by atoms with Gasteiger partial charge in [-0.25, -0.2) is 0 Å². The summed E-state index contributed by atoms with van der Waals surface area (Å²) < 4.78 is 5.70. The number of aryl methyl sites for hydroxylation is 1. The molecule has 1 aromatic rings. The van der Waals surface area contributed by atoms with Crippen LogP contribution in [0.15, 0.2) is 24.3 Å². The lowest BCUT2D eigenvalue weighted by Crippen LogP contribution is -2.52. The summed E-state index contributed by atoms with van der Waals surface area (Å²) in [5.41, 5.74) is 1.20. The summed E-state index contributed by atoms with van der Waals surface area (Å²) in [6.45, 7) is 7.48. The van der Waals surface area contributed by atoms with Crippen LogP contribution in [0.25, 0.3) is 0 Å². The van der Waals surface area contributed by atoms with E-state index in [0.29, 0.717) is 19.1 Å². The number of rotatable bonds is 6. The normalized spacial score (nSPS) is 18.6. The Kier molecular flexibility index (Phi) is 6.05. The summed E-state index contributed by atoms with van der Waals surface area (Å²) in [6, 6.07) is 8.38. The molecule has 1 atom stereocenters. The van der Waals surface area contributed by atoms with E-state index in [1.54, 1.807) is 0 Å². The summed E-state index contributed by atoms with van der Waals surface area (Å²) in [7, 11) is 0. The molecular weight excluding hydrogens is 264 g/mol. The van der Waals surface area contributed by atoms with E-state index in [-0.39, 0.29) is 5.91 Å². The quantitative estimate of drug-likeness (QED) is 0.818. The Morgan fingerprint density at radius 3 is 3.05 bits per heavy atom. The molecule has 1 unspecified atom stereocenters. The number of unbranched alkanes of at least 4 members (excludes halogenated alkanes) is 1. The molecule has 0 spiro atoms. The SMILES string of the molecule is Cc1cccc(OCCCCC(=O)N2CCNCC2C)c1. The number of nitrogens with zero attached hydrogens (tertiary/aromatic N) is 1. The van der Waals surface area contributed by atoms with Gasteiger partial charge in [-0.05, 0) is 44.4 Å². The van der Waals surface area contributed by atoms with Crippen molar-refractivity contribution in [1.29, 1.82) is 0 Å². The molecule has 1 amide bonds. The van der Waals surface area contributed by atoms with Crippen LogP contribution in [0.4, 0.5) is 0 Å². The second kappa shape index (κ2) is 8.03. The number of nitrogens with one attached hydrogen (secondary N) is 1. The summed E-state index contributed by atoms with van der Waals surface area (Å²) in [4.78, 5) is 14.1. The highest BCUT2D eigenvalue weighted by Crippen LogP contribution is 2.13. The van der Waals surface area contributed by atoms with Crippen LogP contribution in [0.1, 0.15) is 31.7 Å². The molecule has 1 N–H and O–H groups in total.